The van der Waals surface area contributed by atoms with Crippen LogP contribution in [0.15, 0.2) is 60.7 Å². The van der Waals surface area contributed by atoms with Gasteiger partial charge in [0.1, 0.15) is 0 Å². The Bertz CT molecular complexity index is 722. The van der Waals surface area contributed by atoms with E-state index in [-0.39, 0.29) is 0 Å². The highest BCUT2D eigenvalue weighted by Crippen LogP contribution is 2.30. The van der Waals surface area contributed by atoms with Gasteiger partial charge < -0.3 is 5.11 Å². The Morgan fingerprint density at radius 2 is 1.70 bits per heavy atom. The maximum absolute atomic E-state index is 10.1. The highest BCUT2D eigenvalue weighted by molar-refractivity contribution is 5.94. The molecule has 3 aromatic rings. The minimum Gasteiger partial charge on any atom is -0.387 e. The zero-order chi connectivity index (χ0) is 13.9. The van der Waals surface area contributed by atoms with Gasteiger partial charge in [-0.05, 0) is 29.7 Å². The van der Waals surface area contributed by atoms with Crippen molar-refractivity contribution in [3.05, 3.63) is 66.4 Å². The summed E-state index contributed by atoms with van der Waals surface area (Å²) in [7, 11) is 0. The molecule has 0 radical (unpaired) electrons. The second kappa shape index (κ2) is 5.43. The van der Waals surface area contributed by atoms with Crippen molar-refractivity contribution < 1.29 is 5.11 Å². The van der Waals surface area contributed by atoms with Crippen LogP contribution in [0.5, 0.6) is 0 Å². The summed E-state index contributed by atoms with van der Waals surface area (Å²) in [4.78, 5) is 4.58. The van der Waals surface area contributed by atoms with Crippen LogP contribution in [-0.2, 0) is 0 Å². The maximum Gasteiger partial charge on any atom is 0.0957 e. The fraction of sp³-hybridized carbons (Fsp3) is 0.167. The summed E-state index contributed by atoms with van der Waals surface area (Å²) in [6.07, 6.45) is 0.154. The summed E-state index contributed by atoms with van der Waals surface area (Å²) in [5, 5.41) is 11.2. The average molecular weight is 263 g/mol. The fourth-order valence-corrected chi connectivity index (χ4v) is 2.43. The molecular weight excluding hydrogens is 246 g/mol. The Morgan fingerprint density at radius 1 is 1.00 bits per heavy atom. The van der Waals surface area contributed by atoms with Crippen molar-refractivity contribution in [3.8, 4) is 11.1 Å². The van der Waals surface area contributed by atoms with Gasteiger partial charge in [0, 0.05) is 5.39 Å². The monoisotopic (exact) mass is 263 g/mol. The number of benzene rings is 2. The summed E-state index contributed by atoms with van der Waals surface area (Å²) in [6.45, 7) is 1.96. The van der Waals surface area contributed by atoms with Crippen LogP contribution in [0.3, 0.4) is 0 Å². The third kappa shape index (κ3) is 2.30. The van der Waals surface area contributed by atoms with E-state index in [4.69, 9.17) is 0 Å². The number of para-hydroxylation sites is 1. The molecule has 2 aromatic carbocycles. The number of pyridine rings is 1. The van der Waals surface area contributed by atoms with Gasteiger partial charge in [-0.3, -0.25) is 4.98 Å². The fourth-order valence-electron chi connectivity index (χ4n) is 2.43. The van der Waals surface area contributed by atoms with Gasteiger partial charge >= 0.3 is 0 Å². The first-order valence-corrected chi connectivity index (χ1v) is 6.92. The normalized spacial score (nSPS) is 12.5. The van der Waals surface area contributed by atoms with Crippen LogP contribution < -0.4 is 0 Å². The van der Waals surface area contributed by atoms with Crippen molar-refractivity contribution in [2.45, 2.75) is 19.4 Å². The third-order valence-electron chi connectivity index (χ3n) is 3.55. The van der Waals surface area contributed by atoms with Gasteiger partial charge in [-0.15, -0.1) is 0 Å². The van der Waals surface area contributed by atoms with Gasteiger partial charge in [-0.1, -0.05) is 55.5 Å². The minimum absolute atomic E-state index is 0.512. The quantitative estimate of drug-likeness (QED) is 0.762. The van der Waals surface area contributed by atoms with Crippen LogP contribution >= 0.6 is 0 Å². The first-order chi connectivity index (χ1) is 9.79. The second-order valence-electron chi connectivity index (χ2n) is 4.90. The van der Waals surface area contributed by atoms with E-state index in [0.29, 0.717) is 6.42 Å². The van der Waals surface area contributed by atoms with Gasteiger partial charge in [-0.2, -0.15) is 0 Å². The zero-order valence-corrected chi connectivity index (χ0v) is 11.5. The molecule has 100 valence electrons. The molecule has 1 N–H and O–H groups in total. The van der Waals surface area contributed by atoms with Crippen LogP contribution in [0.4, 0.5) is 0 Å². The van der Waals surface area contributed by atoms with Crippen LogP contribution in [0.2, 0.25) is 0 Å². The molecule has 3 rings (SSSR count). The van der Waals surface area contributed by atoms with Crippen molar-refractivity contribution in [2.24, 2.45) is 0 Å². The van der Waals surface area contributed by atoms with Gasteiger partial charge in [0.15, 0.2) is 0 Å². The van der Waals surface area contributed by atoms with E-state index in [9.17, 15) is 5.11 Å². The molecule has 0 amide bonds. The lowest BCUT2D eigenvalue weighted by Crippen LogP contribution is -2.00. The van der Waals surface area contributed by atoms with Crippen molar-refractivity contribution in [2.75, 3.05) is 0 Å². The van der Waals surface area contributed by atoms with E-state index in [1.54, 1.807) is 0 Å². The molecule has 1 heterocycles. The lowest BCUT2D eigenvalue weighted by atomic mass is 9.99. The largest absolute Gasteiger partial charge is 0.387 e. The Morgan fingerprint density at radius 3 is 2.45 bits per heavy atom. The van der Waals surface area contributed by atoms with E-state index in [1.807, 2.05) is 49.4 Å². The van der Waals surface area contributed by atoms with Crippen molar-refractivity contribution in [3.63, 3.8) is 0 Å². The van der Waals surface area contributed by atoms with Crippen LogP contribution in [-0.4, -0.2) is 10.1 Å². The SMILES string of the molecule is CCC(O)c1cc(-c2ccccc2)c2ccccc2n1. The molecule has 0 saturated carbocycles. The smallest absolute Gasteiger partial charge is 0.0957 e. The minimum atomic E-state index is -0.512. The van der Waals surface area contributed by atoms with Gasteiger partial charge in [0.2, 0.25) is 0 Å². The number of aliphatic hydroxyl groups is 1. The number of hydrogen-bond acceptors (Lipinski definition) is 2. The molecule has 0 bridgehead atoms. The Balaban J connectivity index is 2.28. The molecule has 0 aliphatic rings. The molecule has 0 fully saturated rings. The van der Waals surface area contributed by atoms with E-state index < -0.39 is 6.10 Å². The topological polar surface area (TPSA) is 33.1 Å². The van der Waals surface area contributed by atoms with E-state index in [1.165, 1.54) is 0 Å². The Hall–Kier alpha value is -2.19. The molecule has 2 nitrogen and oxygen atoms in total. The molecule has 20 heavy (non-hydrogen) atoms. The first-order valence-electron chi connectivity index (χ1n) is 6.92. The number of hydrogen-bond donors (Lipinski definition) is 1. The van der Waals surface area contributed by atoms with Crippen LogP contribution in [0.1, 0.15) is 25.1 Å². The number of rotatable bonds is 3. The van der Waals surface area contributed by atoms with Gasteiger partial charge in [0.25, 0.3) is 0 Å². The van der Waals surface area contributed by atoms with Crippen LogP contribution in [0, 0.1) is 0 Å². The van der Waals surface area contributed by atoms with E-state index in [2.05, 4.69) is 23.2 Å². The highest BCUT2D eigenvalue weighted by atomic mass is 16.3. The number of nitrogens with zero attached hydrogens (tertiary/aromatic N) is 1. The van der Waals surface area contributed by atoms with E-state index >= 15 is 0 Å². The molecule has 0 saturated heterocycles. The summed E-state index contributed by atoms with van der Waals surface area (Å²) < 4.78 is 0. The lowest BCUT2D eigenvalue weighted by Gasteiger charge is -2.13. The van der Waals surface area contributed by atoms with Gasteiger partial charge in [-0.25, -0.2) is 0 Å². The molecule has 2 heteroatoms. The predicted molar refractivity (Wildman–Crippen MR) is 82.4 cm³/mol. The molecule has 0 spiro atoms. The second-order valence-corrected chi connectivity index (χ2v) is 4.90. The highest BCUT2D eigenvalue weighted by Gasteiger charge is 2.12. The lowest BCUT2D eigenvalue weighted by molar-refractivity contribution is 0.169. The molecule has 1 unspecified atom stereocenters. The average Bonchev–Trinajstić information content (AvgIpc) is 2.54. The zero-order valence-electron chi connectivity index (χ0n) is 11.5. The summed E-state index contributed by atoms with van der Waals surface area (Å²) in [6, 6.07) is 20.3. The standard InChI is InChI=1S/C18H17NO/c1-2-18(20)17-12-15(13-8-4-3-5-9-13)14-10-6-7-11-16(14)19-17/h3-12,18,20H,2H2,1H3. The summed E-state index contributed by atoms with van der Waals surface area (Å²) in [5.41, 5.74) is 3.94. The van der Waals surface area contributed by atoms with Gasteiger partial charge in [0.05, 0.1) is 17.3 Å². The number of fused-ring (bicyclic) bond motifs is 1. The molecular formula is C18H17NO. The third-order valence-corrected chi connectivity index (χ3v) is 3.55. The molecule has 1 aromatic heterocycles. The Kier molecular flexibility index (Phi) is 3.48. The van der Waals surface area contributed by atoms with Crippen molar-refractivity contribution >= 4 is 10.9 Å². The first kappa shape index (κ1) is 12.8. The van der Waals surface area contributed by atoms with E-state index in [0.717, 1.165) is 27.7 Å². The van der Waals surface area contributed by atoms with Crippen molar-refractivity contribution in [1.29, 1.82) is 0 Å². The maximum atomic E-state index is 10.1. The number of aromatic nitrogens is 1. The summed E-state index contributed by atoms with van der Waals surface area (Å²) >= 11 is 0. The van der Waals surface area contributed by atoms with Crippen LogP contribution in [0.25, 0.3) is 22.0 Å². The van der Waals surface area contributed by atoms with Crippen molar-refractivity contribution in [1.82, 2.24) is 4.98 Å². The molecule has 0 aliphatic heterocycles. The molecule has 0 aliphatic carbocycles. The summed E-state index contributed by atoms with van der Waals surface area (Å²) in [5.74, 6) is 0. The molecule has 1 atom stereocenters. The Labute approximate surface area is 118 Å². The number of aliphatic hydroxyl groups excluding tert-OH is 1. The predicted octanol–water partition coefficient (Wildman–Crippen LogP) is 4.35.